The Labute approximate surface area is 232 Å². The molecular formula is C28H36ClNO9. The average molecular weight is 566 g/mol. The van der Waals surface area contributed by atoms with Crippen molar-refractivity contribution in [2.45, 2.75) is 89.7 Å². The van der Waals surface area contributed by atoms with Crippen molar-refractivity contribution in [2.24, 2.45) is 28.6 Å². The molecule has 3 fully saturated rings. The van der Waals surface area contributed by atoms with E-state index in [9.17, 15) is 29.3 Å². The van der Waals surface area contributed by atoms with Gasteiger partial charge in [0, 0.05) is 29.6 Å². The van der Waals surface area contributed by atoms with Gasteiger partial charge in [-0.2, -0.15) is 0 Å². The minimum absolute atomic E-state index is 0.0139. The van der Waals surface area contributed by atoms with E-state index >= 15 is 0 Å². The van der Waals surface area contributed by atoms with E-state index in [1.165, 1.54) is 6.08 Å². The molecule has 0 N–H and O–H groups in total. The van der Waals surface area contributed by atoms with Crippen molar-refractivity contribution in [1.29, 1.82) is 0 Å². The molecule has 2 unspecified atom stereocenters. The van der Waals surface area contributed by atoms with Crippen LogP contribution in [0.4, 0.5) is 0 Å². The molecule has 4 aliphatic carbocycles. The third-order valence-electron chi connectivity index (χ3n) is 10.0. The van der Waals surface area contributed by atoms with Gasteiger partial charge in [0.2, 0.25) is 5.78 Å². The third kappa shape index (κ3) is 4.12. The van der Waals surface area contributed by atoms with E-state index in [2.05, 4.69) is 0 Å². The van der Waals surface area contributed by atoms with Crippen molar-refractivity contribution >= 4 is 35.1 Å². The summed E-state index contributed by atoms with van der Waals surface area (Å²) in [7, 11) is 0. The van der Waals surface area contributed by atoms with E-state index in [0.29, 0.717) is 19.3 Å². The Morgan fingerprint density at radius 1 is 1.15 bits per heavy atom. The first kappa shape index (κ1) is 29.2. The lowest BCUT2D eigenvalue weighted by Crippen LogP contribution is -2.70. The second-order valence-electron chi connectivity index (χ2n) is 11.7. The van der Waals surface area contributed by atoms with Crippen LogP contribution in [0, 0.1) is 38.7 Å². The van der Waals surface area contributed by atoms with Crippen LogP contribution in [-0.2, 0) is 33.5 Å². The van der Waals surface area contributed by atoms with Crippen LogP contribution in [0.1, 0.15) is 73.1 Å². The normalized spacial score (nSPS) is 40.5. The predicted molar refractivity (Wildman–Crippen MR) is 139 cm³/mol. The van der Waals surface area contributed by atoms with Crippen molar-refractivity contribution in [2.75, 3.05) is 6.61 Å². The highest BCUT2D eigenvalue weighted by Gasteiger charge is 2.77. The van der Waals surface area contributed by atoms with Crippen LogP contribution in [0.25, 0.3) is 0 Å². The molecule has 4 rings (SSSR count). The number of nitrogens with zero attached hydrogens (tertiary/aromatic N) is 1. The van der Waals surface area contributed by atoms with Gasteiger partial charge < -0.3 is 14.3 Å². The Kier molecular flexibility index (Phi) is 7.51. The first-order valence-corrected chi connectivity index (χ1v) is 13.9. The maximum absolute atomic E-state index is 14.0. The van der Waals surface area contributed by atoms with E-state index < -0.39 is 62.7 Å². The molecule has 0 saturated heterocycles. The molecule has 11 heteroatoms. The number of hydrogen-bond donors (Lipinski definition) is 0. The summed E-state index contributed by atoms with van der Waals surface area (Å²) in [6.07, 6.45) is 5.06. The second-order valence-corrected chi connectivity index (χ2v) is 12.3. The van der Waals surface area contributed by atoms with Crippen LogP contribution in [-0.4, -0.2) is 51.8 Å². The largest absolute Gasteiger partial charge is 0.457 e. The molecule has 3 saturated carbocycles. The minimum atomic E-state index is -1.70. The topological polar surface area (TPSA) is 139 Å². The van der Waals surface area contributed by atoms with Crippen LogP contribution >= 0.6 is 11.6 Å². The standard InChI is InChI=1S/C28H36ClNO9/c1-6-23(33)37-15-21(32)28(38-24(34)7-2)16(3)12-20-19-9-8-17-13-18(31)10-11-25(17,4)27(19,29)22(39-30(35)36)14-26(20,28)5/h10-11,13,16,19-20,22H,6-9,12,14-15H2,1-5H3/t16?,19-,20-,22?,25-,26-,27-,28-/m0/s1. The highest BCUT2D eigenvalue weighted by atomic mass is 35.5. The minimum Gasteiger partial charge on any atom is -0.457 e. The Morgan fingerprint density at radius 3 is 2.44 bits per heavy atom. The van der Waals surface area contributed by atoms with Crippen LogP contribution in [0.15, 0.2) is 23.8 Å². The fraction of sp³-hybridized carbons (Fsp3) is 0.714. The number of halogens is 1. The number of esters is 2. The number of rotatable bonds is 8. The summed E-state index contributed by atoms with van der Waals surface area (Å²) >= 11 is 7.56. The van der Waals surface area contributed by atoms with E-state index in [-0.39, 0.29) is 36.9 Å². The molecule has 0 aromatic carbocycles. The first-order chi connectivity index (χ1) is 18.2. The number of fused-ring (bicyclic) bond motifs is 5. The van der Waals surface area contributed by atoms with E-state index in [4.69, 9.17) is 25.9 Å². The SMILES string of the molecule is CCC(=O)OCC(=O)[C@@]1(OC(=O)CC)C(C)C[C@H]2[C@@H]3CCC4=CC(=O)C=C[C@]4(C)[C@@]3(Cl)C(O[N+](=O)[O-])C[C@@]21C. The molecule has 0 spiro atoms. The van der Waals surface area contributed by atoms with Gasteiger partial charge in [-0.3, -0.25) is 19.2 Å². The molecule has 10 nitrogen and oxygen atoms in total. The van der Waals surface area contributed by atoms with E-state index in [1.807, 2.05) is 20.8 Å². The van der Waals surface area contributed by atoms with Gasteiger partial charge >= 0.3 is 11.9 Å². The Morgan fingerprint density at radius 2 is 1.82 bits per heavy atom. The lowest BCUT2D eigenvalue weighted by atomic mass is 9.45. The molecule has 0 aliphatic heterocycles. The number of ketones is 2. The maximum atomic E-state index is 14.0. The zero-order valence-electron chi connectivity index (χ0n) is 23.0. The van der Waals surface area contributed by atoms with Gasteiger partial charge in [-0.15, -0.1) is 21.7 Å². The third-order valence-corrected chi connectivity index (χ3v) is 10.9. The zero-order valence-corrected chi connectivity index (χ0v) is 23.7. The molecular weight excluding hydrogens is 530 g/mol. The molecule has 8 atom stereocenters. The quantitative estimate of drug-likeness (QED) is 0.182. The molecule has 0 radical (unpaired) electrons. The second kappa shape index (κ2) is 10.0. The zero-order chi connectivity index (χ0) is 29.0. The summed E-state index contributed by atoms with van der Waals surface area (Å²) in [6, 6.07) is 0. The van der Waals surface area contributed by atoms with Crippen LogP contribution in [0.3, 0.4) is 0 Å². The summed E-state index contributed by atoms with van der Waals surface area (Å²) in [6.45, 7) is 8.15. The molecule has 0 amide bonds. The highest BCUT2D eigenvalue weighted by Crippen LogP contribution is 2.72. The van der Waals surface area contributed by atoms with Gasteiger partial charge in [0.25, 0.3) is 5.09 Å². The van der Waals surface area contributed by atoms with E-state index in [0.717, 1.165) is 5.57 Å². The molecule has 0 bridgehead atoms. The summed E-state index contributed by atoms with van der Waals surface area (Å²) in [5.41, 5.74) is -2.94. The number of allylic oxidation sites excluding steroid dienone is 4. The van der Waals surface area contributed by atoms with Crippen LogP contribution in [0.5, 0.6) is 0 Å². The van der Waals surface area contributed by atoms with Crippen molar-refractivity contribution in [3.63, 3.8) is 0 Å². The summed E-state index contributed by atoms with van der Waals surface area (Å²) in [4.78, 5) is 66.8. The smallest absolute Gasteiger partial charge is 0.306 e. The Bertz CT molecular complexity index is 1170. The van der Waals surface area contributed by atoms with Crippen LogP contribution in [0.2, 0.25) is 0 Å². The van der Waals surface area contributed by atoms with Gasteiger partial charge in [-0.1, -0.05) is 46.3 Å². The van der Waals surface area contributed by atoms with Gasteiger partial charge in [0.15, 0.2) is 18.0 Å². The first-order valence-electron chi connectivity index (χ1n) is 13.6. The Balaban J connectivity index is 1.87. The summed E-state index contributed by atoms with van der Waals surface area (Å²) in [5.74, 6) is -3.03. The highest BCUT2D eigenvalue weighted by molar-refractivity contribution is 6.26. The predicted octanol–water partition coefficient (Wildman–Crippen LogP) is 4.30. The van der Waals surface area contributed by atoms with Crippen molar-refractivity contribution in [3.05, 3.63) is 33.9 Å². The number of ether oxygens (including phenoxy) is 2. The number of Topliss-reactive ketones (excluding diaryl/α,β-unsaturated/α-hetero) is 1. The van der Waals surface area contributed by atoms with Crippen LogP contribution < -0.4 is 0 Å². The Hall–Kier alpha value is -2.75. The number of alkyl halides is 1. The monoisotopic (exact) mass is 565 g/mol. The van der Waals surface area contributed by atoms with Gasteiger partial charge in [-0.25, -0.2) is 0 Å². The molecule has 0 aromatic heterocycles. The maximum Gasteiger partial charge on any atom is 0.306 e. The summed E-state index contributed by atoms with van der Waals surface area (Å²) < 4.78 is 11.3. The number of carbonyl (C=O) groups is 4. The number of hydrogen-bond acceptors (Lipinski definition) is 9. The van der Waals surface area contributed by atoms with Gasteiger partial charge in [0.1, 0.15) is 6.10 Å². The van der Waals surface area contributed by atoms with E-state index in [1.54, 1.807) is 26.0 Å². The fourth-order valence-electron chi connectivity index (χ4n) is 8.19. The van der Waals surface area contributed by atoms with Crippen molar-refractivity contribution in [3.8, 4) is 0 Å². The van der Waals surface area contributed by atoms with Crippen molar-refractivity contribution in [1.82, 2.24) is 0 Å². The molecule has 214 valence electrons. The summed E-state index contributed by atoms with van der Waals surface area (Å²) in [5, 5.41) is 10.9. The number of carbonyl (C=O) groups excluding carboxylic acids is 4. The van der Waals surface area contributed by atoms with Gasteiger partial charge in [0.05, 0.1) is 4.87 Å². The average Bonchev–Trinajstić information content (AvgIpc) is 3.09. The fourth-order valence-corrected chi connectivity index (χ4v) is 8.75. The van der Waals surface area contributed by atoms with Gasteiger partial charge in [-0.05, 0) is 49.7 Å². The lowest BCUT2D eigenvalue weighted by Gasteiger charge is -2.64. The van der Waals surface area contributed by atoms with Crippen molar-refractivity contribution < 1.29 is 38.6 Å². The molecule has 39 heavy (non-hydrogen) atoms. The lowest BCUT2D eigenvalue weighted by molar-refractivity contribution is -0.772. The molecule has 4 aliphatic rings. The molecule has 0 heterocycles. The molecule has 0 aromatic rings.